The second-order valence-corrected chi connectivity index (χ2v) is 11.8. The fraction of sp³-hybridized carbons (Fsp3) is 0.103. The summed E-state index contributed by atoms with van der Waals surface area (Å²) < 4.78 is 12.6. The molecule has 4 aromatic carbocycles. The standard InChI is InChI=1S/C29H24O2S2/c1-2-11-21(33-28-18-9-5-14-24(28)31-25-15-6-10-19-29(25)33)20-32-26-16-7-3-12-22(26)30-23-13-4-8-17-27(23)32/h3-10,12-20H,2,11H2,1H3/q+2/b21-20+. The molecule has 6 rings (SSSR count). The van der Waals surface area contributed by atoms with Crippen LogP contribution < -0.4 is 9.47 Å². The van der Waals surface area contributed by atoms with Crippen LogP contribution >= 0.6 is 0 Å². The Hall–Kier alpha value is -3.08. The van der Waals surface area contributed by atoms with Crippen LogP contribution in [0, 0.1) is 0 Å². The highest BCUT2D eigenvalue weighted by atomic mass is 32.2. The fourth-order valence-electron chi connectivity index (χ4n) is 4.31. The van der Waals surface area contributed by atoms with Gasteiger partial charge in [-0.2, -0.15) is 0 Å². The van der Waals surface area contributed by atoms with Crippen LogP contribution in [0.3, 0.4) is 0 Å². The number of para-hydroxylation sites is 4. The number of fused-ring (bicyclic) bond motifs is 4. The molecular formula is C29H24O2S2+2. The van der Waals surface area contributed by atoms with Crippen LogP contribution in [0.4, 0.5) is 0 Å². The number of hydrogen-bond acceptors (Lipinski definition) is 2. The molecule has 0 amide bonds. The van der Waals surface area contributed by atoms with Crippen LogP contribution in [0.15, 0.2) is 127 Å². The van der Waals surface area contributed by atoms with Gasteiger partial charge in [-0.05, 0) is 55.0 Å². The average Bonchev–Trinajstić information content (AvgIpc) is 2.86. The third kappa shape index (κ3) is 3.64. The van der Waals surface area contributed by atoms with Crippen molar-refractivity contribution in [3.63, 3.8) is 0 Å². The van der Waals surface area contributed by atoms with E-state index in [0.717, 1.165) is 35.8 Å². The SMILES string of the molecule is CCC/C(=C\[S+]1c2ccccc2Oc2ccccc21)[S+]1c2ccccc2Oc2ccccc21. The minimum atomic E-state index is -0.202. The predicted molar refractivity (Wildman–Crippen MR) is 137 cm³/mol. The number of allylic oxidation sites excluding steroid dienone is 1. The average molecular weight is 469 g/mol. The van der Waals surface area contributed by atoms with E-state index in [-0.39, 0.29) is 21.8 Å². The van der Waals surface area contributed by atoms with Crippen molar-refractivity contribution < 1.29 is 9.47 Å². The number of rotatable bonds is 4. The Bertz CT molecular complexity index is 1270. The first kappa shape index (κ1) is 20.5. The van der Waals surface area contributed by atoms with Crippen LogP contribution in [0.1, 0.15) is 19.8 Å². The molecule has 2 heterocycles. The quantitative estimate of drug-likeness (QED) is 0.280. The van der Waals surface area contributed by atoms with Gasteiger partial charge in [-0.1, -0.05) is 55.5 Å². The third-order valence-electron chi connectivity index (χ3n) is 5.76. The number of benzene rings is 4. The van der Waals surface area contributed by atoms with Gasteiger partial charge in [0.05, 0.1) is 0 Å². The van der Waals surface area contributed by atoms with Gasteiger partial charge in [0.2, 0.25) is 19.6 Å². The highest BCUT2D eigenvalue weighted by Gasteiger charge is 2.44. The molecule has 4 heteroatoms. The molecule has 0 bridgehead atoms. The zero-order valence-corrected chi connectivity index (χ0v) is 20.0. The minimum absolute atomic E-state index is 0.185. The summed E-state index contributed by atoms with van der Waals surface area (Å²) in [6.07, 6.45) is 2.14. The summed E-state index contributed by atoms with van der Waals surface area (Å²) in [5.74, 6) is 3.86. The molecule has 0 aliphatic carbocycles. The van der Waals surface area contributed by atoms with Gasteiger partial charge < -0.3 is 9.47 Å². The largest absolute Gasteiger partial charge is 0.447 e. The summed E-state index contributed by atoms with van der Waals surface area (Å²) in [5.41, 5.74) is 0. The van der Waals surface area contributed by atoms with Crippen molar-refractivity contribution in [2.75, 3.05) is 0 Å². The summed E-state index contributed by atoms with van der Waals surface area (Å²) >= 11 is 0. The van der Waals surface area contributed by atoms with Gasteiger partial charge in [-0.15, -0.1) is 0 Å². The molecule has 0 atom stereocenters. The van der Waals surface area contributed by atoms with E-state index in [0.29, 0.717) is 0 Å². The third-order valence-corrected chi connectivity index (χ3v) is 10.5. The first-order valence-corrected chi connectivity index (χ1v) is 13.7. The van der Waals surface area contributed by atoms with E-state index in [1.54, 1.807) is 0 Å². The van der Waals surface area contributed by atoms with Crippen LogP contribution in [0.5, 0.6) is 23.0 Å². The number of ether oxygens (including phenoxy) is 2. The van der Waals surface area contributed by atoms with Gasteiger partial charge in [0, 0.05) is 6.42 Å². The Morgan fingerprint density at radius 3 is 1.45 bits per heavy atom. The van der Waals surface area contributed by atoms with Crippen molar-refractivity contribution in [3.05, 3.63) is 107 Å². The zero-order chi connectivity index (χ0) is 22.2. The van der Waals surface area contributed by atoms with Crippen molar-refractivity contribution in [2.45, 2.75) is 39.3 Å². The molecule has 2 aliphatic heterocycles. The van der Waals surface area contributed by atoms with E-state index >= 15 is 0 Å². The van der Waals surface area contributed by atoms with Gasteiger partial charge in [0.15, 0.2) is 33.3 Å². The maximum absolute atomic E-state index is 6.30. The Morgan fingerprint density at radius 1 is 0.606 bits per heavy atom. The van der Waals surface area contributed by atoms with Gasteiger partial charge >= 0.3 is 0 Å². The number of hydrogen-bond donors (Lipinski definition) is 0. The molecule has 2 nitrogen and oxygen atoms in total. The lowest BCUT2D eigenvalue weighted by molar-refractivity contribution is 0.453. The predicted octanol–water partition coefficient (Wildman–Crippen LogP) is 8.31. The maximum Gasteiger partial charge on any atom is 0.208 e. The Kier molecular flexibility index (Phi) is 5.41. The van der Waals surface area contributed by atoms with Crippen molar-refractivity contribution in [1.82, 2.24) is 0 Å². The van der Waals surface area contributed by atoms with Crippen molar-refractivity contribution in [1.29, 1.82) is 0 Å². The van der Waals surface area contributed by atoms with E-state index in [9.17, 15) is 0 Å². The van der Waals surface area contributed by atoms with E-state index in [4.69, 9.17) is 9.47 Å². The summed E-state index contributed by atoms with van der Waals surface area (Å²) in [5, 5.41) is 2.53. The van der Waals surface area contributed by atoms with E-state index < -0.39 is 0 Å². The van der Waals surface area contributed by atoms with Crippen LogP contribution in [0.25, 0.3) is 0 Å². The van der Waals surface area contributed by atoms with Crippen LogP contribution in [-0.2, 0) is 21.8 Å². The van der Waals surface area contributed by atoms with Crippen molar-refractivity contribution >= 4 is 21.8 Å². The van der Waals surface area contributed by atoms with Gasteiger partial charge in [0.25, 0.3) is 0 Å². The molecule has 0 saturated carbocycles. The van der Waals surface area contributed by atoms with Crippen molar-refractivity contribution in [2.24, 2.45) is 0 Å². The van der Waals surface area contributed by atoms with Gasteiger partial charge in [0.1, 0.15) is 21.8 Å². The Morgan fingerprint density at radius 2 is 1.00 bits per heavy atom. The lowest BCUT2D eigenvalue weighted by Crippen LogP contribution is -2.16. The molecule has 4 aromatic rings. The van der Waals surface area contributed by atoms with Crippen LogP contribution in [-0.4, -0.2) is 0 Å². The Labute approximate surface area is 200 Å². The molecule has 2 aliphatic rings. The topological polar surface area (TPSA) is 18.5 Å². The van der Waals surface area contributed by atoms with E-state index in [1.807, 2.05) is 0 Å². The molecule has 0 radical (unpaired) electrons. The lowest BCUT2D eigenvalue weighted by atomic mass is 10.3. The fourth-order valence-corrected chi connectivity index (χ4v) is 9.22. The smallest absolute Gasteiger partial charge is 0.208 e. The van der Waals surface area contributed by atoms with E-state index in [2.05, 4.69) is 109 Å². The first-order valence-electron chi connectivity index (χ1n) is 11.2. The monoisotopic (exact) mass is 468 g/mol. The molecule has 0 spiro atoms. The molecule has 0 aromatic heterocycles. The first-order chi connectivity index (χ1) is 16.3. The second-order valence-electron chi connectivity index (χ2n) is 7.97. The highest BCUT2D eigenvalue weighted by molar-refractivity contribution is 8.04. The molecule has 0 unspecified atom stereocenters. The normalized spacial score (nSPS) is 14.9. The molecule has 0 saturated heterocycles. The van der Waals surface area contributed by atoms with E-state index in [1.165, 1.54) is 24.5 Å². The second kappa shape index (κ2) is 8.69. The van der Waals surface area contributed by atoms with Gasteiger partial charge in [-0.3, -0.25) is 0 Å². The lowest BCUT2D eigenvalue weighted by Gasteiger charge is -2.21. The molecule has 162 valence electrons. The molecule has 0 fully saturated rings. The highest BCUT2D eigenvalue weighted by Crippen LogP contribution is 2.50. The van der Waals surface area contributed by atoms with Crippen molar-refractivity contribution in [3.8, 4) is 23.0 Å². The summed E-state index contributed by atoms with van der Waals surface area (Å²) in [7, 11) is -0.388. The summed E-state index contributed by atoms with van der Waals surface area (Å²) in [4.78, 5) is 6.52. The molecular weight excluding hydrogens is 444 g/mol. The minimum Gasteiger partial charge on any atom is -0.447 e. The Balaban J connectivity index is 1.56. The maximum atomic E-state index is 6.30. The molecule has 33 heavy (non-hydrogen) atoms. The zero-order valence-electron chi connectivity index (χ0n) is 18.4. The molecule has 0 N–H and O–H groups in total. The van der Waals surface area contributed by atoms with Gasteiger partial charge in [-0.25, -0.2) is 0 Å². The summed E-state index contributed by atoms with van der Waals surface area (Å²) in [6.45, 7) is 2.27. The summed E-state index contributed by atoms with van der Waals surface area (Å²) in [6, 6.07) is 33.9. The van der Waals surface area contributed by atoms with Crippen LogP contribution in [0.2, 0.25) is 0 Å².